The molecule has 1 atom stereocenters. The summed E-state index contributed by atoms with van der Waals surface area (Å²) in [5, 5.41) is 13.1. The molecule has 1 aromatic carbocycles. The third-order valence-electron chi connectivity index (χ3n) is 3.86. The Kier molecular flexibility index (Phi) is 3.44. The third kappa shape index (κ3) is 2.52. The molecule has 0 bridgehead atoms. The number of carbonyl (C=O) groups excluding carboxylic acids is 1. The number of amides is 1. The molecule has 1 fully saturated rings. The molecule has 1 amide bonds. The molecule has 3 rings (SSSR count). The standard InChI is InChI=1S/C16H16N4O/c1-19-11-14(10-18-19)15-6-3-7-20(15)16(21)13-5-2-4-12(8-13)9-17/h2,4-5,8,10-11,15H,3,6-7H2,1H3. The van der Waals surface area contributed by atoms with Crippen molar-refractivity contribution in [2.24, 2.45) is 7.05 Å². The van der Waals surface area contributed by atoms with Crippen LogP contribution in [0.25, 0.3) is 0 Å². The summed E-state index contributed by atoms with van der Waals surface area (Å²) in [7, 11) is 1.88. The van der Waals surface area contributed by atoms with Crippen LogP contribution in [0.1, 0.15) is 40.4 Å². The van der Waals surface area contributed by atoms with Crippen molar-refractivity contribution in [1.82, 2.24) is 14.7 Å². The molecular weight excluding hydrogens is 264 g/mol. The lowest BCUT2D eigenvalue weighted by Crippen LogP contribution is -2.30. The Balaban J connectivity index is 1.88. The average molecular weight is 280 g/mol. The topological polar surface area (TPSA) is 61.9 Å². The molecule has 0 spiro atoms. The van der Waals surface area contributed by atoms with E-state index in [1.807, 2.05) is 24.3 Å². The number of aryl methyl sites for hydroxylation is 1. The van der Waals surface area contributed by atoms with Crippen molar-refractivity contribution in [2.75, 3.05) is 6.54 Å². The van der Waals surface area contributed by atoms with Gasteiger partial charge in [-0.25, -0.2) is 0 Å². The van der Waals surface area contributed by atoms with Crippen LogP contribution < -0.4 is 0 Å². The maximum Gasteiger partial charge on any atom is 0.254 e. The van der Waals surface area contributed by atoms with Crippen LogP contribution in [-0.2, 0) is 7.05 Å². The smallest absolute Gasteiger partial charge is 0.254 e. The van der Waals surface area contributed by atoms with Gasteiger partial charge in [0.2, 0.25) is 0 Å². The van der Waals surface area contributed by atoms with E-state index in [4.69, 9.17) is 5.26 Å². The van der Waals surface area contributed by atoms with Crippen LogP contribution >= 0.6 is 0 Å². The highest BCUT2D eigenvalue weighted by Gasteiger charge is 2.31. The van der Waals surface area contributed by atoms with Crippen molar-refractivity contribution in [3.05, 3.63) is 53.3 Å². The SMILES string of the molecule is Cn1cc(C2CCCN2C(=O)c2cccc(C#N)c2)cn1. The third-order valence-corrected chi connectivity index (χ3v) is 3.86. The summed E-state index contributed by atoms with van der Waals surface area (Å²) in [4.78, 5) is 14.6. The maximum atomic E-state index is 12.7. The number of likely N-dealkylation sites (tertiary alicyclic amines) is 1. The molecule has 1 aliphatic heterocycles. The van der Waals surface area contributed by atoms with Gasteiger partial charge in [0.05, 0.1) is 23.9 Å². The van der Waals surface area contributed by atoms with Crippen molar-refractivity contribution in [1.29, 1.82) is 5.26 Å². The van der Waals surface area contributed by atoms with E-state index in [2.05, 4.69) is 11.2 Å². The molecular formula is C16H16N4O. The van der Waals surface area contributed by atoms with Crippen LogP contribution in [0.2, 0.25) is 0 Å². The Morgan fingerprint density at radius 3 is 3.05 bits per heavy atom. The first kappa shape index (κ1) is 13.4. The minimum atomic E-state index is -0.0153. The van der Waals surface area contributed by atoms with Gasteiger partial charge in [-0.2, -0.15) is 10.4 Å². The summed E-state index contributed by atoms with van der Waals surface area (Å²) in [6.07, 6.45) is 5.72. The largest absolute Gasteiger partial charge is 0.331 e. The molecule has 5 heteroatoms. The lowest BCUT2D eigenvalue weighted by Gasteiger charge is -2.24. The summed E-state index contributed by atoms with van der Waals surface area (Å²) in [5.74, 6) is -0.0153. The number of rotatable bonds is 2. The van der Waals surface area contributed by atoms with E-state index in [0.29, 0.717) is 11.1 Å². The van der Waals surface area contributed by atoms with Crippen LogP contribution in [0.15, 0.2) is 36.7 Å². The van der Waals surface area contributed by atoms with Gasteiger partial charge < -0.3 is 4.90 Å². The van der Waals surface area contributed by atoms with E-state index in [0.717, 1.165) is 24.9 Å². The van der Waals surface area contributed by atoms with Gasteiger partial charge in [-0.1, -0.05) is 6.07 Å². The minimum absolute atomic E-state index is 0.0153. The van der Waals surface area contributed by atoms with Gasteiger partial charge >= 0.3 is 0 Å². The predicted molar refractivity (Wildman–Crippen MR) is 77.4 cm³/mol. The second-order valence-corrected chi connectivity index (χ2v) is 5.30. The molecule has 0 radical (unpaired) electrons. The van der Waals surface area contributed by atoms with E-state index in [-0.39, 0.29) is 11.9 Å². The maximum absolute atomic E-state index is 12.7. The Morgan fingerprint density at radius 2 is 2.33 bits per heavy atom. The predicted octanol–water partition coefficient (Wildman–Crippen LogP) is 2.27. The number of aromatic nitrogens is 2. The molecule has 0 aliphatic carbocycles. The molecule has 5 nitrogen and oxygen atoms in total. The lowest BCUT2D eigenvalue weighted by molar-refractivity contribution is 0.0735. The molecule has 21 heavy (non-hydrogen) atoms. The van der Waals surface area contributed by atoms with Crippen LogP contribution in [0.4, 0.5) is 0 Å². The van der Waals surface area contributed by atoms with Gasteiger partial charge in [0.1, 0.15) is 0 Å². The number of hydrogen-bond acceptors (Lipinski definition) is 3. The zero-order valence-electron chi connectivity index (χ0n) is 11.9. The number of nitrogens with zero attached hydrogens (tertiary/aromatic N) is 4. The first-order valence-corrected chi connectivity index (χ1v) is 6.99. The number of carbonyl (C=O) groups is 1. The summed E-state index contributed by atoms with van der Waals surface area (Å²) >= 11 is 0. The van der Waals surface area contributed by atoms with Crippen molar-refractivity contribution < 1.29 is 4.79 Å². The van der Waals surface area contributed by atoms with Gasteiger partial charge in [-0.15, -0.1) is 0 Å². The molecule has 0 N–H and O–H groups in total. The number of benzene rings is 1. The zero-order chi connectivity index (χ0) is 14.8. The van der Waals surface area contributed by atoms with Gasteiger partial charge in [-0.3, -0.25) is 9.48 Å². The molecule has 2 heterocycles. The van der Waals surface area contributed by atoms with Crippen LogP contribution in [0.3, 0.4) is 0 Å². The van der Waals surface area contributed by atoms with Gasteiger partial charge in [0.15, 0.2) is 0 Å². The molecule has 106 valence electrons. The highest BCUT2D eigenvalue weighted by Crippen LogP contribution is 2.32. The van der Waals surface area contributed by atoms with E-state index in [9.17, 15) is 4.79 Å². The second kappa shape index (κ2) is 5.41. The van der Waals surface area contributed by atoms with E-state index in [1.165, 1.54) is 0 Å². The fourth-order valence-corrected chi connectivity index (χ4v) is 2.86. The van der Waals surface area contributed by atoms with Crippen LogP contribution in [0.5, 0.6) is 0 Å². The normalized spacial score (nSPS) is 17.7. The molecule has 1 saturated heterocycles. The first-order valence-electron chi connectivity index (χ1n) is 6.99. The van der Waals surface area contributed by atoms with Crippen LogP contribution in [0, 0.1) is 11.3 Å². The quantitative estimate of drug-likeness (QED) is 0.847. The second-order valence-electron chi connectivity index (χ2n) is 5.30. The summed E-state index contributed by atoms with van der Waals surface area (Å²) in [6, 6.07) is 9.03. The number of hydrogen-bond donors (Lipinski definition) is 0. The van der Waals surface area contributed by atoms with Crippen molar-refractivity contribution >= 4 is 5.91 Å². The van der Waals surface area contributed by atoms with Crippen molar-refractivity contribution in [3.8, 4) is 6.07 Å². The van der Waals surface area contributed by atoms with E-state index < -0.39 is 0 Å². The van der Waals surface area contributed by atoms with E-state index >= 15 is 0 Å². The fourth-order valence-electron chi connectivity index (χ4n) is 2.86. The molecule has 1 unspecified atom stereocenters. The molecule has 1 aliphatic rings. The fraction of sp³-hybridized carbons (Fsp3) is 0.312. The Labute approximate surface area is 123 Å². The average Bonchev–Trinajstić information content (AvgIpc) is 3.15. The Bertz CT molecular complexity index is 713. The lowest BCUT2D eigenvalue weighted by atomic mass is 10.1. The first-order chi connectivity index (χ1) is 10.2. The highest BCUT2D eigenvalue weighted by molar-refractivity contribution is 5.95. The summed E-state index contributed by atoms with van der Waals surface area (Å²) in [6.45, 7) is 0.745. The van der Waals surface area contributed by atoms with Crippen LogP contribution in [-0.4, -0.2) is 27.1 Å². The Morgan fingerprint density at radius 1 is 1.48 bits per heavy atom. The van der Waals surface area contributed by atoms with Crippen molar-refractivity contribution in [3.63, 3.8) is 0 Å². The molecule has 2 aromatic rings. The number of nitriles is 1. The monoisotopic (exact) mass is 280 g/mol. The van der Waals surface area contributed by atoms with Gasteiger partial charge in [0.25, 0.3) is 5.91 Å². The zero-order valence-corrected chi connectivity index (χ0v) is 11.9. The molecule has 0 saturated carbocycles. The van der Waals surface area contributed by atoms with Crippen molar-refractivity contribution in [2.45, 2.75) is 18.9 Å². The highest BCUT2D eigenvalue weighted by atomic mass is 16.2. The summed E-state index contributed by atoms with van der Waals surface area (Å²) in [5.41, 5.74) is 2.16. The molecule has 1 aromatic heterocycles. The van der Waals surface area contributed by atoms with E-state index in [1.54, 1.807) is 28.9 Å². The van der Waals surface area contributed by atoms with Gasteiger partial charge in [0, 0.05) is 30.9 Å². The van der Waals surface area contributed by atoms with Gasteiger partial charge in [-0.05, 0) is 31.0 Å². The summed E-state index contributed by atoms with van der Waals surface area (Å²) < 4.78 is 1.76. The minimum Gasteiger partial charge on any atom is -0.331 e. The Hall–Kier alpha value is -2.61.